The average Bonchev–Trinajstić information content (AvgIpc) is 2.63. The lowest BCUT2D eigenvalue weighted by molar-refractivity contribution is 0.626. The van der Waals surface area contributed by atoms with Crippen molar-refractivity contribution in [2.24, 2.45) is 17.6 Å². The summed E-state index contributed by atoms with van der Waals surface area (Å²) in [7, 11) is -0.686. The summed E-state index contributed by atoms with van der Waals surface area (Å²) in [4.78, 5) is 0. The zero-order valence-electron chi connectivity index (χ0n) is 7.95. The molecule has 2 N–H and O–H groups in total. The van der Waals surface area contributed by atoms with Gasteiger partial charge < -0.3 is 5.73 Å². The average molecular weight is 189 g/mol. The second-order valence-electron chi connectivity index (χ2n) is 4.17. The van der Waals surface area contributed by atoms with Crippen molar-refractivity contribution >= 4 is 10.8 Å². The first kappa shape index (κ1) is 10.2. The van der Waals surface area contributed by atoms with E-state index in [0.29, 0.717) is 17.6 Å². The van der Waals surface area contributed by atoms with E-state index in [2.05, 4.69) is 13.8 Å². The molecule has 1 saturated carbocycles. The normalized spacial score (nSPS) is 22.7. The van der Waals surface area contributed by atoms with Gasteiger partial charge in [-0.2, -0.15) is 0 Å². The summed E-state index contributed by atoms with van der Waals surface area (Å²) in [5, 5.41) is 0. The van der Waals surface area contributed by atoms with Crippen LogP contribution in [0.5, 0.6) is 0 Å². The summed E-state index contributed by atoms with van der Waals surface area (Å²) >= 11 is 0. The highest BCUT2D eigenvalue weighted by molar-refractivity contribution is 7.85. The van der Waals surface area contributed by atoms with Crippen molar-refractivity contribution in [3.63, 3.8) is 0 Å². The van der Waals surface area contributed by atoms with E-state index in [0.717, 1.165) is 5.75 Å². The highest BCUT2D eigenvalue weighted by Gasteiger charge is 2.29. The van der Waals surface area contributed by atoms with Crippen molar-refractivity contribution < 1.29 is 4.21 Å². The van der Waals surface area contributed by atoms with Crippen LogP contribution in [0.25, 0.3) is 0 Å². The van der Waals surface area contributed by atoms with E-state index in [9.17, 15) is 4.21 Å². The molecule has 0 aromatic carbocycles. The van der Waals surface area contributed by atoms with Gasteiger partial charge >= 0.3 is 0 Å². The van der Waals surface area contributed by atoms with Crippen LogP contribution in [0.4, 0.5) is 0 Å². The molecule has 2 atom stereocenters. The highest BCUT2D eigenvalue weighted by atomic mass is 32.2. The van der Waals surface area contributed by atoms with Crippen LogP contribution in [0.1, 0.15) is 26.7 Å². The van der Waals surface area contributed by atoms with Crippen molar-refractivity contribution in [2.75, 3.05) is 11.5 Å². The number of nitrogens with two attached hydrogens (primary N) is 1. The van der Waals surface area contributed by atoms with Crippen LogP contribution in [-0.2, 0) is 10.8 Å². The van der Waals surface area contributed by atoms with Gasteiger partial charge in [-0.05, 0) is 24.7 Å². The Hall–Kier alpha value is 0.110. The van der Waals surface area contributed by atoms with Crippen LogP contribution in [0.2, 0.25) is 0 Å². The maximum atomic E-state index is 11.4. The molecule has 1 aliphatic rings. The van der Waals surface area contributed by atoms with E-state index in [4.69, 9.17) is 5.73 Å². The molecule has 0 radical (unpaired) electrons. The molecule has 0 aromatic rings. The fourth-order valence-electron chi connectivity index (χ4n) is 1.31. The van der Waals surface area contributed by atoms with Crippen LogP contribution >= 0.6 is 0 Å². The summed E-state index contributed by atoms with van der Waals surface area (Å²) in [6.45, 7) is 4.20. The maximum Gasteiger partial charge on any atom is 0.0389 e. The minimum Gasteiger partial charge on any atom is -0.327 e. The lowest BCUT2D eigenvalue weighted by Crippen LogP contribution is -2.30. The van der Waals surface area contributed by atoms with Gasteiger partial charge in [-0.3, -0.25) is 4.21 Å². The Morgan fingerprint density at radius 1 is 1.42 bits per heavy atom. The third-order valence-corrected chi connectivity index (χ3v) is 3.92. The Morgan fingerprint density at radius 2 is 2.00 bits per heavy atom. The lowest BCUT2D eigenvalue weighted by Gasteiger charge is -2.10. The van der Waals surface area contributed by atoms with Crippen LogP contribution in [0.3, 0.4) is 0 Å². The summed E-state index contributed by atoms with van der Waals surface area (Å²) in [6.07, 6.45) is 2.50. The van der Waals surface area contributed by atoms with Crippen LogP contribution in [0.15, 0.2) is 0 Å². The third-order valence-electron chi connectivity index (χ3n) is 2.13. The number of hydrogen-bond acceptors (Lipinski definition) is 2. The fraction of sp³-hybridized carbons (Fsp3) is 1.00. The first-order valence-corrected chi connectivity index (χ1v) is 6.19. The first-order valence-electron chi connectivity index (χ1n) is 4.70. The molecule has 0 bridgehead atoms. The lowest BCUT2D eigenvalue weighted by atomic mass is 10.2. The van der Waals surface area contributed by atoms with Gasteiger partial charge in [0.1, 0.15) is 0 Å². The summed E-state index contributed by atoms with van der Waals surface area (Å²) in [6, 6.07) is 0.199. The van der Waals surface area contributed by atoms with Crippen LogP contribution < -0.4 is 5.73 Å². The Bertz CT molecular complexity index is 166. The SMILES string of the molecule is CC(C)CS(=O)CC(N)C1CC1. The second kappa shape index (κ2) is 4.38. The van der Waals surface area contributed by atoms with E-state index in [1.807, 2.05) is 0 Å². The van der Waals surface area contributed by atoms with Crippen molar-refractivity contribution in [2.45, 2.75) is 32.7 Å². The van der Waals surface area contributed by atoms with Crippen molar-refractivity contribution in [3.8, 4) is 0 Å². The van der Waals surface area contributed by atoms with Crippen molar-refractivity contribution in [3.05, 3.63) is 0 Å². The molecule has 2 nitrogen and oxygen atoms in total. The van der Waals surface area contributed by atoms with Gasteiger partial charge in [0.05, 0.1) is 0 Å². The Labute approximate surface area is 77.4 Å². The van der Waals surface area contributed by atoms with Crippen LogP contribution in [0, 0.1) is 11.8 Å². The van der Waals surface area contributed by atoms with E-state index < -0.39 is 10.8 Å². The van der Waals surface area contributed by atoms with E-state index >= 15 is 0 Å². The molecule has 0 heterocycles. The molecular formula is C9H19NOS. The largest absolute Gasteiger partial charge is 0.327 e. The van der Waals surface area contributed by atoms with Gasteiger partial charge in [-0.1, -0.05) is 13.8 Å². The predicted octanol–water partition coefficient (Wildman–Crippen LogP) is 1.13. The van der Waals surface area contributed by atoms with E-state index in [-0.39, 0.29) is 6.04 Å². The van der Waals surface area contributed by atoms with Gasteiger partial charge in [0.2, 0.25) is 0 Å². The van der Waals surface area contributed by atoms with Crippen molar-refractivity contribution in [1.82, 2.24) is 0 Å². The molecular weight excluding hydrogens is 170 g/mol. The molecule has 0 amide bonds. The first-order chi connectivity index (χ1) is 5.59. The third kappa shape index (κ3) is 3.68. The minimum atomic E-state index is -0.686. The fourth-order valence-corrected chi connectivity index (χ4v) is 2.90. The minimum absolute atomic E-state index is 0.199. The monoisotopic (exact) mass is 189 g/mol. The standard InChI is InChI=1S/C9H19NOS/c1-7(2)5-12(11)6-9(10)8-3-4-8/h7-9H,3-6,10H2,1-2H3. The van der Waals surface area contributed by atoms with Gasteiger partial charge in [0.25, 0.3) is 0 Å². The van der Waals surface area contributed by atoms with E-state index in [1.165, 1.54) is 12.8 Å². The zero-order chi connectivity index (χ0) is 9.14. The van der Waals surface area contributed by atoms with Crippen LogP contribution in [-0.4, -0.2) is 21.8 Å². The van der Waals surface area contributed by atoms with Crippen molar-refractivity contribution in [1.29, 1.82) is 0 Å². The highest BCUT2D eigenvalue weighted by Crippen LogP contribution is 2.31. The smallest absolute Gasteiger partial charge is 0.0389 e. The molecule has 1 aliphatic carbocycles. The topological polar surface area (TPSA) is 43.1 Å². The summed E-state index contributed by atoms with van der Waals surface area (Å²) in [5.41, 5.74) is 5.86. The molecule has 0 aliphatic heterocycles. The Kier molecular flexibility index (Phi) is 3.72. The Morgan fingerprint density at radius 3 is 2.42 bits per heavy atom. The summed E-state index contributed by atoms with van der Waals surface area (Å²) < 4.78 is 11.4. The van der Waals surface area contributed by atoms with E-state index in [1.54, 1.807) is 0 Å². The molecule has 0 saturated heterocycles. The molecule has 0 spiro atoms. The maximum absolute atomic E-state index is 11.4. The molecule has 1 fully saturated rings. The molecule has 1 rings (SSSR count). The molecule has 72 valence electrons. The van der Waals surface area contributed by atoms with Gasteiger partial charge in [-0.15, -0.1) is 0 Å². The molecule has 0 aromatic heterocycles. The molecule has 2 unspecified atom stereocenters. The molecule has 12 heavy (non-hydrogen) atoms. The quantitative estimate of drug-likeness (QED) is 0.704. The van der Waals surface area contributed by atoms with Gasteiger partial charge in [0, 0.05) is 28.3 Å². The number of hydrogen-bond donors (Lipinski definition) is 1. The van der Waals surface area contributed by atoms with Gasteiger partial charge in [0.15, 0.2) is 0 Å². The second-order valence-corrected chi connectivity index (χ2v) is 5.71. The zero-order valence-corrected chi connectivity index (χ0v) is 8.77. The molecule has 3 heteroatoms. The Balaban J connectivity index is 2.15. The predicted molar refractivity (Wildman–Crippen MR) is 53.4 cm³/mol. The summed E-state index contributed by atoms with van der Waals surface area (Å²) in [5.74, 6) is 2.72. The van der Waals surface area contributed by atoms with Gasteiger partial charge in [-0.25, -0.2) is 0 Å². The number of rotatable bonds is 5.